The SMILES string of the molecule is CCN(c1ccccc1)c1ccc(C=O)c(C)c1. The summed E-state index contributed by atoms with van der Waals surface area (Å²) in [5.74, 6) is 0. The summed E-state index contributed by atoms with van der Waals surface area (Å²) in [6.45, 7) is 4.98. The number of para-hydroxylation sites is 1. The van der Waals surface area contributed by atoms with Crippen LogP contribution in [-0.2, 0) is 0 Å². The monoisotopic (exact) mass is 239 g/mol. The van der Waals surface area contributed by atoms with Crippen molar-refractivity contribution in [3.05, 3.63) is 59.7 Å². The number of hydrogen-bond acceptors (Lipinski definition) is 2. The Labute approximate surface area is 108 Å². The summed E-state index contributed by atoms with van der Waals surface area (Å²) >= 11 is 0. The normalized spacial score (nSPS) is 10.1. The minimum atomic E-state index is 0.753. The van der Waals surface area contributed by atoms with Crippen LogP contribution in [0.3, 0.4) is 0 Å². The molecule has 0 N–H and O–H groups in total. The fourth-order valence-corrected chi connectivity index (χ4v) is 2.08. The van der Waals surface area contributed by atoms with Crippen LogP contribution in [0, 0.1) is 6.92 Å². The fourth-order valence-electron chi connectivity index (χ4n) is 2.08. The van der Waals surface area contributed by atoms with Gasteiger partial charge in [-0.05, 0) is 49.7 Å². The summed E-state index contributed by atoms with van der Waals surface area (Å²) in [4.78, 5) is 13.1. The Morgan fingerprint density at radius 3 is 2.33 bits per heavy atom. The summed E-state index contributed by atoms with van der Waals surface area (Å²) in [6, 6.07) is 16.2. The van der Waals surface area contributed by atoms with Gasteiger partial charge in [-0.3, -0.25) is 4.79 Å². The molecule has 2 aromatic rings. The Kier molecular flexibility index (Phi) is 3.78. The molecule has 0 bridgehead atoms. The lowest BCUT2D eigenvalue weighted by Gasteiger charge is -2.24. The van der Waals surface area contributed by atoms with E-state index in [0.29, 0.717) is 0 Å². The molecule has 2 rings (SSSR count). The Balaban J connectivity index is 2.40. The highest BCUT2D eigenvalue weighted by Crippen LogP contribution is 2.26. The van der Waals surface area contributed by atoms with Gasteiger partial charge in [-0.1, -0.05) is 18.2 Å². The smallest absolute Gasteiger partial charge is 0.150 e. The largest absolute Gasteiger partial charge is 0.342 e. The molecule has 0 saturated carbocycles. The third kappa shape index (κ3) is 2.43. The molecule has 0 amide bonds. The Morgan fingerprint density at radius 2 is 1.78 bits per heavy atom. The van der Waals surface area contributed by atoms with E-state index in [1.807, 2.05) is 37.3 Å². The zero-order chi connectivity index (χ0) is 13.0. The van der Waals surface area contributed by atoms with Gasteiger partial charge in [-0.25, -0.2) is 0 Å². The third-order valence-electron chi connectivity index (χ3n) is 3.08. The first-order chi connectivity index (χ1) is 8.76. The lowest BCUT2D eigenvalue weighted by Crippen LogP contribution is -2.16. The lowest BCUT2D eigenvalue weighted by molar-refractivity contribution is 0.112. The van der Waals surface area contributed by atoms with Gasteiger partial charge in [-0.15, -0.1) is 0 Å². The first kappa shape index (κ1) is 12.4. The summed E-state index contributed by atoms with van der Waals surface area (Å²) in [5, 5.41) is 0. The Bertz CT molecular complexity index is 534. The maximum absolute atomic E-state index is 10.8. The first-order valence-electron chi connectivity index (χ1n) is 6.14. The molecular weight excluding hydrogens is 222 g/mol. The summed E-state index contributed by atoms with van der Waals surface area (Å²) in [7, 11) is 0. The zero-order valence-corrected chi connectivity index (χ0v) is 10.8. The van der Waals surface area contributed by atoms with Crippen LogP contribution >= 0.6 is 0 Å². The summed E-state index contributed by atoms with van der Waals surface area (Å²) < 4.78 is 0. The van der Waals surface area contributed by atoms with Crippen LogP contribution in [0.25, 0.3) is 0 Å². The summed E-state index contributed by atoms with van der Waals surface area (Å²) in [6.07, 6.45) is 0.901. The van der Waals surface area contributed by atoms with Gasteiger partial charge in [0.15, 0.2) is 0 Å². The maximum Gasteiger partial charge on any atom is 0.150 e. The number of aryl methyl sites for hydroxylation is 1. The molecule has 0 unspecified atom stereocenters. The van der Waals surface area contributed by atoms with Gasteiger partial charge in [0.25, 0.3) is 0 Å². The zero-order valence-electron chi connectivity index (χ0n) is 10.8. The van der Waals surface area contributed by atoms with E-state index < -0.39 is 0 Å². The van der Waals surface area contributed by atoms with Crippen molar-refractivity contribution >= 4 is 17.7 Å². The molecule has 0 aromatic heterocycles. The molecule has 0 radical (unpaired) electrons. The van der Waals surface area contributed by atoms with Gasteiger partial charge in [0.1, 0.15) is 6.29 Å². The minimum Gasteiger partial charge on any atom is -0.342 e. The molecule has 2 heteroatoms. The maximum atomic E-state index is 10.8. The molecule has 0 aliphatic heterocycles. The van der Waals surface area contributed by atoms with Crippen molar-refractivity contribution in [2.75, 3.05) is 11.4 Å². The van der Waals surface area contributed by atoms with Crippen LogP contribution in [0.1, 0.15) is 22.8 Å². The Morgan fingerprint density at radius 1 is 1.06 bits per heavy atom. The second kappa shape index (κ2) is 5.50. The average Bonchev–Trinajstić information content (AvgIpc) is 2.41. The Hall–Kier alpha value is -2.09. The molecule has 0 atom stereocenters. The average molecular weight is 239 g/mol. The van der Waals surface area contributed by atoms with Gasteiger partial charge in [0, 0.05) is 23.5 Å². The quantitative estimate of drug-likeness (QED) is 0.752. The topological polar surface area (TPSA) is 20.3 Å². The van der Waals surface area contributed by atoms with Gasteiger partial charge < -0.3 is 4.90 Å². The van der Waals surface area contributed by atoms with Gasteiger partial charge >= 0.3 is 0 Å². The second-order valence-corrected chi connectivity index (χ2v) is 4.24. The van der Waals surface area contributed by atoms with E-state index in [9.17, 15) is 4.79 Å². The van der Waals surface area contributed by atoms with Crippen molar-refractivity contribution in [1.82, 2.24) is 0 Å². The predicted molar refractivity (Wildman–Crippen MR) is 75.7 cm³/mol. The number of carbonyl (C=O) groups is 1. The predicted octanol–water partition coefficient (Wildman–Crippen LogP) is 3.97. The lowest BCUT2D eigenvalue weighted by atomic mass is 10.1. The van der Waals surface area contributed by atoms with Crippen LogP contribution in [-0.4, -0.2) is 12.8 Å². The molecule has 2 aromatic carbocycles. The number of anilines is 2. The van der Waals surface area contributed by atoms with Crippen molar-refractivity contribution < 1.29 is 4.79 Å². The van der Waals surface area contributed by atoms with Crippen molar-refractivity contribution in [3.8, 4) is 0 Å². The molecule has 0 saturated heterocycles. The fraction of sp³-hybridized carbons (Fsp3) is 0.188. The molecule has 2 nitrogen and oxygen atoms in total. The van der Waals surface area contributed by atoms with E-state index in [-0.39, 0.29) is 0 Å². The highest BCUT2D eigenvalue weighted by molar-refractivity contribution is 5.79. The number of rotatable bonds is 4. The van der Waals surface area contributed by atoms with E-state index in [4.69, 9.17) is 0 Å². The molecule has 0 aliphatic rings. The number of carbonyl (C=O) groups excluding carboxylic acids is 1. The highest BCUT2D eigenvalue weighted by atomic mass is 16.1. The van der Waals surface area contributed by atoms with Crippen LogP contribution in [0.15, 0.2) is 48.5 Å². The first-order valence-corrected chi connectivity index (χ1v) is 6.14. The molecule has 18 heavy (non-hydrogen) atoms. The third-order valence-corrected chi connectivity index (χ3v) is 3.08. The van der Waals surface area contributed by atoms with Gasteiger partial charge in [0.05, 0.1) is 0 Å². The van der Waals surface area contributed by atoms with E-state index in [1.165, 1.54) is 5.69 Å². The van der Waals surface area contributed by atoms with E-state index >= 15 is 0 Å². The molecular formula is C16H17NO. The van der Waals surface area contributed by atoms with E-state index in [1.54, 1.807) is 0 Å². The van der Waals surface area contributed by atoms with Crippen molar-refractivity contribution in [1.29, 1.82) is 0 Å². The molecule has 0 aliphatic carbocycles. The van der Waals surface area contributed by atoms with Crippen LogP contribution in [0.4, 0.5) is 11.4 Å². The molecule has 0 fully saturated rings. The van der Waals surface area contributed by atoms with Gasteiger partial charge in [-0.2, -0.15) is 0 Å². The molecule has 92 valence electrons. The van der Waals surface area contributed by atoms with Crippen LogP contribution in [0.2, 0.25) is 0 Å². The second-order valence-electron chi connectivity index (χ2n) is 4.24. The van der Waals surface area contributed by atoms with E-state index in [2.05, 4.69) is 30.0 Å². The van der Waals surface area contributed by atoms with Crippen LogP contribution in [0.5, 0.6) is 0 Å². The highest BCUT2D eigenvalue weighted by Gasteiger charge is 2.08. The molecule has 0 spiro atoms. The van der Waals surface area contributed by atoms with Crippen LogP contribution < -0.4 is 4.90 Å². The number of benzene rings is 2. The minimum absolute atomic E-state index is 0.753. The van der Waals surface area contributed by atoms with E-state index in [0.717, 1.165) is 29.6 Å². The standard InChI is InChI=1S/C16H17NO/c1-3-17(15-7-5-4-6-8-15)16-10-9-14(12-18)13(2)11-16/h4-12H,3H2,1-2H3. The summed E-state index contributed by atoms with van der Waals surface area (Å²) in [5.41, 5.74) is 4.05. The van der Waals surface area contributed by atoms with Crippen molar-refractivity contribution in [3.63, 3.8) is 0 Å². The number of aldehydes is 1. The number of nitrogens with zero attached hydrogens (tertiary/aromatic N) is 1. The molecule has 0 heterocycles. The number of hydrogen-bond donors (Lipinski definition) is 0. The van der Waals surface area contributed by atoms with Crippen molar-refractivity contribution in [2.24, 2.45) is 0 Å². The van der Waals surface area contributed by atoms with Gasteiger partial charge in [0.2, 0.25) is 0 Å². The van der Waals surface area contributed by atoms with Crippen molar-refractivity contribution in [2.45, 2.75) is 13.8 Å².